The minimum atomic E-state index is -0.367. The van der Waals surface area contributed by atoms with Gasteiger partial charge in [0.1, 0.15) is 5.02 Å². The second kappa shape index (κ2) is 4.66. The van der Waals surface area contributed by atoms with Crippen LogP contribution in [0.5, 0.6) is 0 Å². The zero-order chi connectivity index (χ0) is 11.5. The van der Waals surface area contributed by atoms with E-state index in [1.807, 2.05) is 0 Å². The van der Waals surface area contributed by atoms with Crippen LogP contribution in [0.1, 0.15) is 33.6 Å². The van der Waals surface area contributed by atoms with Gasteiger partial charge in [0, 0.05) is 5.54 Å². The molecule has 4 nitrogen and oxygen atoms in total. The highest BCUT2D eigenvalue weighted by atomic mass is 35.5. The predicted molar refractivity (Wildman–Crippen MR) is 62.5 cm³/mol. The molecule has 1 rings (SSSR count). The van der Waals surface area contributed by atoms with Gasteiger partial charge in [-0.1, -0.05) is 24.9 Å². The molecule has 0 aromatic carbocycles. The molecule has 1 heterocycles. The monoisotopic (exact) mass is 229 g/mol. The number of aromatic nitrogens is 2. The first-order chi connectivity index (χ1) is 6.96. The Kier molecular flexibility index (Phi) is 3.74. The van der Waals surface area contributed by atoms with Crippen molar-refractivity contribution in [2.45, 2.75) is 39.2 Å². The van der Waals surface area contributed by atoms with E-state index in [1.54, 1.807) is 0 Å². The van der Waals surface area contributed by atoms with Crippen molar-refractivity contribution in [2.75, 3.05) is 5.32 Å². The Bertz CT molecular complexity index is 386. The van der Waals surface area contributed by atoms with Crippen molar-refractivity contribution in [1.29, 1.82) is 0 Å². The first kappa shape index (κ1) is 12.0. The molecule has 2 N–H and O–H groups in total. The standard InChI is InChI=1S/C10H16ClN3O/c1-4-5-10(2,3)13-7-6-12-14-9(15)8(7)11/h6H,4-5H2,1-3H3,(H2,13,14,15). The summed E-state index contributed by atoms with van der Waals surface area (Å²) in [5, 5.41) is 9.36. The minimum absolute atomic E-state index is 0.0894. The van der Waals surface area contributed by atoms with Crippen LogP contribution >= 0.6 is 11.6 Å². The van der Waals surface area contributed by atoms with Crippen LogP contribution in [0.2, 0.25) is 5.02 Å². The molecule has 84 valence electrons. The van der Waals surface area contributed by atoms with E-state index in [0.717, 1.165) is 12.8 Å². The van der Waals surface area contributed by atoms with Gasteiger partial charge in [-0.05, 0) is 20.3 Å². The van der Waals surface area contributed by atoms with Crippen LogP contribution in [-0.4, -0.2) is 15.7 Å². The minimum Gasteiger partial charge on any atom is -0.377 e. The van der Waals surface area contributed by atoms with Gasteiger partial charge in [0.2, 0.25) is 0 Å². The van der Waals surface area contributed by atoms with E-state index in [2.05, 4.69) is 36.3 Å². The van der Waals surface area contributed by atoms with E-state index in [4.69, 9.17) is 11.6 Å². The lowest BCUT2D eigenvalue weighted by Crippen LogP contribution is -2.31. The third-order valence-corrected chi connectivity index (χ3v) is 2.52. The molecular formula is C10H16ClN3O. The Morgan fingerprint density at radius 3 is 2.87 bits per heavy atom. The van der Waals surface area contributed by atoms with Crippen LogP contribution in [0, 0.1) is 0 Å². The first-order valence-electron chi connectivity index (χ1n) is 4.97. The number of rotatable bonds is 4. The van der Waals surface area contributed by atoms with Crippen molar-refractivity contribution in [3.8, 4) is 0 Å². The third-order valence-electron chi connectivity index (χ3n) is 2.14. The lowest BCUT2D eigenvalue weighted by atomic mass is 9.99. The van der Waals surface area contributed by atoms with E-state index in [0.29, 0.717) is 5.69 Å². The van der Waals surface area contributed by atoms with Crippen LogP contribution in [0.4, 0.5) is 5.69 Å². The average Bonchev–Trinajstić information content (AvgIpc) is 2.12. The number of anilines is 1. The van der Waals surface area contributed by atoms with Crippen molar-refractivity contribution in [1.82, 2.24) is 10.2 Å². The molecular weight excluding hydrogens is 214 g/mol. The van der Waals surface area contributed by atoms with Crippen molar-refractivity contribution in [3.63, 3.8) is 0 Å². The zero-order valence-corrected chi connectivity index (χ0v) is 9.98. The van der Waals surface area contributed by atoms with Crippen molar-refractivity contribution in [2.24, 2.45) is 0 Å². The van der Waals surface area contributed by atoms with E-state index in [1.165, 1.54) is 6.20 Å². The summed E-state index contributed by atoms with van der Waals surface area (Å²) in [6.07, 6.45) is 3.59. The summed E-state index contributed by atoms with van der Waals surface area (Å²) in [5.74, 6) is 0. The highest BCUT2D eigenvalue weighted by molar-refractivity contribution is 6.32. The number of H-pyrrole nitrogens is 1. The molecule has 0 amide bonds. The molecule has 0 atom stereocenters. The Morgan fingerprint density at radius 1 is 1.60 bits per heavy atom. The predicted octanol–water partition coefficient (Wildman–Crippen LogP) is 2.41. The number of hydrogen-bond acceptors (Lipinski definition) is 3. The van der Waals surface area contributed by atoms with Gasteiger partial charge >= 0.3 is 0 Å². The summed E-state index contributed by atoms with van der Waals surface area (Å²) in [6.45, 7) is 6.24. The third kappa shape index (κ3) is 3.23. The summed E-state index contributed by atoms with van der Waals surface area (Å²) in [5.41, 5.74) is 0.126. The Balaban J connectivity index is 2.90. The van der Waals surface area contributed by atoms with Gasteiger partial charge in [-0.15, -0.1) is 0 Å². The maximum Gasteiger partial charge on any atom is 0.285 e. The summed E-state index contributed by atoms with van der Waals surface area (Å²) < 4.78 is 0. The zero-order valence-electron chi connectivity index (χ0n) is 9.22. The van der Waals surface area contributed by atoms with Crippen molar-refractivity contribution >= 4 is 17.3 Å². The molecule has 15 heavy (non-hydrogen) atoms. The number of aromatic amines is 1. The molecule has 0 fully saturated rings. The Hall–Kier alpha value is -1.03. The van der Waals surface area contributed by atoms with Crippen LogP contribution < -0.4 is 10.9 Å². The van der Waals surface area contributed by atoms with E-state index in [-0.39, 0.29) is 16.1 Å². The number of nitrogens with zero attached hydrogens (tertiary/aromatic N) is 1. The lowest BCUT2D eigenvalue weighted by molar-refractivity contribution is 0.510. The SMILES string of the molecule is CCCC(C)(C)Nc1cn[nH]c(=O)c1Cl. The Morgan fingerprint density at radius 2 is 2.27 bits per heavy atom. The molecule has 0 aliphatic heterocycles. The van der Waals surface area contributed by atoms with Gasteiger partial charge in [0.05, 0.1) is 11.9 Å². The highest BCUT2D eigenvalue weighted by Gasteiger charge is 2.18. The van der Waals surface area contributed by atoms with Crippen molar-refractivity contribution < 1.29 is 0 Å². The molecule has 0 radical (unpaired) electrons. The summed E-state index contributed by atoms with van der Waals surface area (Å²) in [4.78, 5) is 11.2. The van der Waals surface area contributed by atoms with Gasteiger partial charge in [-0.25, -0.2) is 5.10 Å². The summed E-state index contributed by atoms with van der Waals surface area (Å²) >= 11 is 5.85. The van der Waals surface area contributed by atoms with Gasteiger partial charge < -0.3 is 5.32 Å². The summed E-state index contributed by atoms with van der Waals surface area (Å²) in [6, 6.07) is 0. The molecule has 0 aliphatic rings. The molecule has 0 saturated carbocycles. The van der Waals surface area contributed by atoms with E-state index in [9.17, 15) is 4.79 Å². The number of hydrogen-bond donors (Lipinski definition) is 2. The maximum atomic E-state index is 11.2. The van der Waals surface area contributed by atoms with E-state index >= 15 is 0 Å². The number of nitrogens with one attached hydrogen (secondary N) is 2. The van der Waals surface area contributed by atoms with Crippen LogP contribution in [0.25, 0.3) is 0 Å². The topological polar surface area (TPSA) is 57.8 Å². The smallest absolute Gasteiger partial charge is 0.285 e. The maximum absolute atomic E-state index is 11.2. The largest absolute Gasteiger partial charge is 0.377 e. The van der Waals surface area contributed by atoms with Crippen LogP contribution in [0.3, 0.4) is 0 Å². The molecule has 0 saturated heterocycles. The fourth-order valence-corrected chi connectivity index (χ4v) is 1.66. The summed E-state index contributed by atoms with van der Waals surface area (Å²) in [7, 11) is 0. The molecule has 0 spiro atoms. The quantitative estimate of drug-likeness (QED) is 0.834. The molecule has 1 aromatic rings. The van der Waals surface area contributed by atoms with Gasteiger partial charge in [-0.2, -0.15) is 5.10 Å². The fourth-order valence-electron chi connectivity index (χ4n) is 1.52. The normalized spacial score (nSPS) is 11.5. The first-order valence-corrected chi connectivity index (χ1v) is 5.35. The second-order valence-electron chi connectivity index (χ2n) is 4.19. The molecule has 5 heteroatoms. The van der Waals surface area contributed by atoms with Crippen molar-refractivity contribution in [3.05, 3.63) is 21.6 Å². The highest BCUT2D eigenvalue weighted by Crippen LogP contribution is 2.22. The average molecular weight is 230 g/mol. The molecule has 0 bridgehead atoms. The number of halogens is 1. The van der Waals surface area contributed by atoms with Crippen LogP contribution in [0.15, 0.2) is 11.0 Å². The molecule has 0 unspecified atom stereocenters. The lowest BCUT2D eigenvalue weighted by Gasteiger charge is -2.27. The molecule has 1 aromatic heterocycles. The van der Waals surface area contributed by atoms with Gasteiger partial charge in [-0.3, -0.25) is 4.79 Å². The second-order valence-corrected chi connectivity index (χ2v) is 4.56. The molecule has 0 aliphatic carbocycles. The fraction of sp³-hybridized carbons (Fsp3) is 0.600. The van der Waals surface area contributed by atoms with Crippen LogP contribution in [-0.2, 0) is 0 Å². The van der Waals surface area contributed by atoms with Gasteiger partial charge in [0.25, 0.3) is 5.56 Å². The Labute approximate surface area is 94.0 Å². The van der Waals surface area contributed by atoms with Gasteiger partial charge in [0.15, 0.2) is 0 Å². The van der Waals surface area contributed by atoms with E-state index < -0.39 is 0 Å².